The van der Waals surface area contributed by atoms with Crippen LogP contribution in [0, 0.1) is 0 Å². The van der Waals surface area contributed by atoms with E-state index in [-0.39, 0.29) is 6.10 Å². The summed E-state index contributed by atoms with van der Waals surface area (Å²) in [6, 6.07) is 8.25. The highest BCUT2D eigenvalue weighted by Crippen LogP contribution is 2.18. The minimum atomic E-state index is 0.270. The van der Waals surface area contributed by atoms with Gasteiger partial charge in [-0.25, -0.2) is 0 Å². The molecular formula is C16H25NO2. The standard InChI is InChI=1S/C14H19NO2.C2H6/c1-11(2)17-8-7-16-10-12-9-15-14-6-4-3-5-13(12)14;1-2/h3-6,9,11,15H,7-8,10H2,1-2H3;1-2H3. The number of hydrogen-bond acceptors (Lipinski definition) is 2. The van der Waals surface area contributed by atoms with Crippen molar-refractivity contribution in [2.24, 2.45) is 0 Å². The Morgan fingerprint density at radius 2 is 1.84 bits per heavy atom. The lowest BCUT2D eigenvalue weighted by Crippen LogP contribution is -2.09. The largest absolute Gasteiger partial charge is 0.376 e. The van der Waals surface area contributed by atoms with Crippen LogP contribution in [0.3, 0.4) is 0 Å². The first-order chi connectivity index (χ1) is 9.27. The predicted molar refractivity (Wildman–Crippen MR) is 80.4 cm³/mol. The van der Waals surface area contributed by atoms with Crippen LogP contribution in [0.2, 0.25) is 0 Å². The van der Waals surface area contributed by atoms with Crippen LogP contribution in [0.5, 0.6) is 0 Å². The van der Waals surface area contributed by atoms with E-state index >= 15 is 0 Å². The number of hydrogen-bond donors (Lipinski definition) is 1. The van der Waals surface area contributed by atoms with Crippen molar-refractivity contribution in [1.82, 2.24) is 4.98 Å². The molecule has 0 aliphatic carbocycles. The van der Waals surface area contributed by atoms with E-state index in [0.717, 1.165) is 5.52 Å². The molecule has 0 aliphatic rings. The Morgan fingerprint density at radius 3 is 2.58 bits per heavy atom. The number of benzene rings is 1. The van der Waals surface area contributed by atoms with Crippen molar-refractivity contribution in [1.29, 1.82) is 0 Å². The molecule has 106 valence electrons. The zero-order chi connectivity index (χ0) is 14.1. The van der Waals surface area contributed by atoms with Crippen molar-refractivity contribution in [2.75, 3.05) is 13.2 Å². The van der Waals surface area contributed by atoms with Crippen molar-refractivity contribution in [3.8, 4) is 0 Å². The zero-order valence-corrected chi connectivity index (χ0v) is 12.4. The highest BCUT2D eigenvalue weighted by molar-refractivity contribution is 5.82. The van der Waals surface area contributed by atoms with Crippen LogP contribution < -0.4 is 0 Å². The second-order valence-corrected chi connectivity index (χ2v) is 4.33. The average Bonchev–Trinajstić information content (AvgIpc) is 2.84. The molecule has 19 heavy (non-hydrogen) atoms. The van der Waals surface area contributed by atoms with Gasteiger partial charge in [-0.3, -0.25) is 0 Å². The van der Waals surface area contributed by atoms with Crippen LogP contribution in [0.25, 0.3) is 10.9 Å². The Kier molecular flexibility index (Phi) is 7.23. The summed E-state index contributed by atoms with van der Waals surface area (Å²) in [5.41, 5.74) is 2.36. The Labute approximate surface area is 115 Å². The smallest absolute Gasteiger partial charge is 0.0738 e. The Morgan fingerprint density at radius 1 is 1.11 bits per heavy atom. The Balaban J connectivity index is 0.000000861. The number of H-pyrrole nitrogens is 1. The summed E-state index contributed by atoms with van der Waals surface area (Å²) in [6.45, 7) is 9.97. The number of nitrogens with one attached hydrogen (secondary N) is 1. The molecule has 3 nitrogen and oxygen atoms in total. The molecule has 1 aromatic heterocycles. The molecule has 0 atom stereocenters. The van der Waals surface area contributed by atoms with Crippen molar-refractivity contribution >= 4 is 10.9 Å². The number of rotatable bonds is 6. The zero-order valence-electron chi connectivity index (χ0n) is 12.4. The summed E-state index contributed by atoms with van der Waals surface area (Å²) < 4.78 is 11.0. The van der Waals surface area contributed by atoms with Crippen LogP contribution in [0.15, 0.2) is 30.5 Å². The highest BCUT2D eigenvalue weighted by atomic mass is 16.5. The predicted octanol–water partition coefficient (Wildman–Crippen LogP) is 4.14. The van der Waals surface area contributed by atoms with E-state index in [1.807, 2.05) is 46.0 Å². The van der Waals surface area contributed by atoms with Crippen LogP contribution >= 0.6 is 0 Å². The molecule has 1 aromatic carbocycles. The van der Waals surface area contributed by atoms with Crippen LogP contribution in [0.4, 0.5) is 0 Å². The summed E-state index contributed by atoms with van der Waals surface area (Å²) in [5.74, 6) is 0. The SMILES string of the molecule is CC.CC(C)OCCOCc1c[nH]c2ccccc12. The number of fused-ring (bicyclic) bond motifs is 1. The lowest BCUT2D eigenvalue weighted by Gasteiger charge is -2.07. The van der Waals surface area contributed by atoms with Gasteiger partial charge in [-0.2, -0.15) is 0 Å². The van der Waals surface area contributed by atoms with E-state index in [0.29, 0.717) is 19.8 Å². The maximum atomic E-state index is 5.59. The number of aromatic nitrogens is 1. The van der Waals surface area contributed by atoms with Gasteiger partial charge in [-0.1, -0.05) is 32.0 Å². The summed E-state index contributed by atoms with van der Waals surface area (Å²) in [7, 11) is 0. The fourth-order valence-electron chi connectivity index (χ4n) is 1.78. The van der Waals surface area contributed by atoms with E-state index in [4.69, 9.17) is 9.47 Å². The third-order valence-electron chi connectivity index (χ3n) is 2.61. The van der Waals surface area contributed by atoms with E-state index < -0.39 is 0 Å². The second-order valence-electron chi connectivity index (χ2n) is 4.33. The topological polar surface area (TPSA) is 34.2 Å². The molecule has 0 amide bonds. The molecule has 0 unspecified atom stereocenters. The van der Waals surface area contributed by atoms with Gasteiger partial charge in [0.25, 0.3) is 0 Å². The minimum absolute atomic E-state index is 0.270. The first-order valence-corrected chi connectivity index (χ1v) is 7.01. The molecule has 0 bridgehead atoms. The molecule has 0 aliphatic heterocycles. The molecule has 0 saturated heterocycles. The van der Waals surface area contributed by atoms with E-state index in [2.05, 4.69) is 17.1 Å². The van der Waals surface area contributed by atoms with Gasteiger partial charge in [0.2, 0.25) is 0 Å². The van der Waals surface area contributed by atoms with Gasteiger partial charge in [0, 0.05) is 22.7 Å². The van der Waals surface area contributed by atoms with Gasteiger partial charge in [-0.05, 0) is 19.9 Å². The van der Waals surface area contributed by atoms with Gasteiger partial charge in [0.15, 0.2) is 0 Å². The van der Waals surface area contributed by atoms with Crippen LogP contribution in [0.1, 0.15) is 33.3 Å². The van der Waals surface area contributed by atoms with Crippen molar-refractivity contribution in [2.45, 2.75) is 40.4 Å². The van der Waals surface area contributed by atoms with E-state index in [1.165, 1.54) is 10.9 Å². The third kappa shape index (κ3) is 5.05. The maximum absolute atomic E-state index is 5.59. The summed E-state index contributed by atoms with van der Waals surface area (Å²) in [6.07, 6.45) is 2.28. The van der Waals surface area contributed by atoms with Gasteiger partial charge < -0.3 is 14.5 Å². The lowest BCUT2D eigenvalue weighted by atomic mass is 10.2. The number of para-hydroxylation sites is 1. The van der Waals surface area contributed by atoms with Crippen molar-refractivity contribution < 1.29 is 9.47 Å². The van der Waals surface area contributed by atoms with Crippen molar-refractivity contribution in [3.63, 3.8) is 0 Å². The molecule has 0 fully saturated rings. The first kappa shape index (κ1) is 15.7. The molecule has 3 heteroatoms. The average molecular weight is 263 g/mol. The molecule has 0 spiro atoms. The number of aromatic amines is 1. The van der Waals surface area contributed by atoms with E-state index in [9.17, 15) is 0 Å². The molecule has 2 aromatic rings. The molecule has 1 N–H and O–H groups in total. The molecule has 0 saturated carbocycles. The van der Waals surface area contributed by atoms with Gasteiger partial charge in [0.1, 0.15) is 0 Å². The maximum Gasteiger partial charge on any atom is 0.0738 e. The van der Waals surface area contributed by atoms with Crippen LogP contribution in [-0.2, 0) is 16.1 Å². The Hall–Kier alpha value is -1.32. The van der Waals surface area contributed by atoms with Gasteiger partial charge in [0.05, 0.1) is 25.9 Å². The van der Waals surface area contributed by atoms with Crippen LogP contribution in [-0.4, -0.2) is 24.3 Å². The van der Waals surface area contributed by atoms with Gasteiger partial charge in [-0.15, -0.1) is 0 Å². The molecule has 1 heterocycles. The fourth-order valence-corrected chi connectivity index (χ4v) is 1.78. The highest BCUT2D eigenvalue weighted by Gasteiger charge is 2.02. The van der Waals surface area contributed by atoms with Gasteiger partial charge >= 0.3 is 0 Å². The fraction of sp³-hybridized carbons (Fsp3) is 0.500. The summed E-state index contributed by atoms with van der Waals surface area (Å²) in [4.78, 5) is 3.24. The molecular weight excluding hydrogens is 238 g/mol. The molecule has 0 radical (unpaired) electrons. The quantitative estimate of drug-likeness (QED) is 0.795. The monoisotopic (exact) mass is 263 g/mol. The van der Waals surface area contributed by atoms with E-state index in [1.54, 1.807) is 0 Å². The summed E-state index contributed by atoms with van der Waals surface area (Å²) >= 11 is 0. The second kappa shape index (κ2) is 8.73. The Bertz CT molecular complexity index is 462. The first-order valence-electron chi connectivity index (χ1n) is 7.01. The third-order valence-corrected chi connectivity index (χ3v) is 2.61. The molecule has 2 rings (SSSR count). The number of ether oxygens (including phenoxy) is 2. The van der Waals surface area contributed by atoms with Crippen molar-refractivity contribution in [3.05, 3.63) is 36.0 Å². The minimum Gasteiger partial charge on any atom is -0.376 e. The lowest BCUT2D eigenvalue weighted by molar-refractivity contribution is 0.0145. The normalized spacial score (nSPS) is 10.6. The summed E-state index contributed by atoms with van der Waals surface area (Å²) in [5, 5.41) is 1.23.